The summed E-state index contributed by atoms with van der Waals surface area (Å²) in [5.74, 6) is -1.11. The molecule has 3 rings (SSSR count). The van der Waals surface area contributed by atoms with Gasteiger partial charge in [-0.3, -0.25) is 9.20 Å². The van der Waals surface area contributed by atoms with Crippen LogP contribution >= 0.6 is 15.9 Å². The Hall–Kier alpha value is -2.21. The predicted molar refractivity (Wildman–Crippen MR) is 76.8 cm³/mol. The van der Waals surface area contributed by atoms with Gasteiger partial charge in [0.05, 0.1) is 0 Å². The first-order valence-electron chi connectivity index (χ1n) is 5.80. The molecule has 0 atom stereocenters. The lowest BCUT2D eigenvalue weighted by Gasteiger charge is -2.03. The Morgan fingerprint density at radius 1 is 1.30 bits per heavy atom. The number of imidazole rings is 1. The van der Waals surface area contributed by atoms with E-state index in [-0.39, 0.29) is 17.0 Å². The summed E-state index contributed by atoms with van der Waals surface area (Å²) >= 11 is 3.28. The minimum atomic E-state index is -0.655. The lowest BCUT2D eigenvalue weighted by molar-refractivity contribution is 0.0995. The summed E-state index contributed by atoms with van der Waals surface area (Å²) in [6.45, 7) is 0. The van der Waals surface area contributed by atoms with E-state index in [2.05, 4.69) is 20.9 Å². The lowest BCUT2D eigenvalue weighted by atomic mass is 10.1. The van der Waals surface area contributed by atoms with Gasteiger partial charge in [0, 0.05) is 16.2 Å². The smallest absolute Gasteiger partial charge is 0.268 e. The molecule has 0 bridgehead atoms. The molecule has 100 valence electrons. The molecule has 2 N–H and O–H groups in total. The fourth-order valence-electron chi connectivity index (χ4n) is 2.10. The van der Waals surface area contributed by atoms with Crippen LogP contribution in [-0.4, -0.2) is 15.3 Å². The second kappa shape index (κ2) is 4.72. The summed E-state index contributed by atoms with van der Waals surface area (Å²) in [6, 6.07) is 9.73. The van der Waals surface area contributed by atoms with E-state index in [1.165, 1.54) is 6.07 Å². The summed E-state index contributed by atoms with van der Waals surface area (Å²) in [7, 11) is 0. The zero-order chi connectivity index (χ0) is 14.3. The number of nitrogens with two attached hydrogens (primary N) is 1. The van der Waals surface area contributed by atoms with Gasteiger partial charge in [0.2, 0.25) is 0 Å². The van der Waals surface area contributed by atoms with Crippen LogP contribution in [-0.2, 0) is 0 Å². The number of rotatable bonds is 2. The van der Waals surface area contributed by atoms with Crippen molar-refractivity contribution in [3.05, 3.63) is 58.6 Å². The Balaban J connectivity index is 2.38. The van der Waals surface area contributed by atoms with Gasteiger partial charge in [-0.15, -0.1) is 0 Å². The van der Waals surface area contributed by atoms with Gasteiger partial charge in [0.1, 0.15) is 22.9 Å². The van der Waals surface area contributed by atoms with Crippen molar-refractivity contribution in [2.24, 2.45) is 5.73 Å². The third kappa shape index (κ3) is 1.98. The number of primary amides is 1. The number of amides is 1. The van der Waals surface area contributed by atoms with Crippen LogP contribution in [0.5, 0.6) is 0 Å². The predicted octanol–water partition coefficient (Wildman–Crippen LogP) is 3.00. The van der Waals surface area contributed by atoms with E-state index in [4.69, 9.17) is 5.73 Å². The number of carbonyl (C=O) groups excluding carboxylic acids is 1. The number of hydrogen-bond donors (Lipinski definition) is 1. The monoisotopic (exact) mass is 333 g/mol. The van der Waals surface area contributed by atoms with Crippen molar-refractivity contribution >= 4 is 27.5 Å². The molecule has 0 radical (unpaired) electrons. The van der Waals surface area contributed by atoms with E-state index >= 15 is 0 Å². The van der Waals surface area contributed by atoms with Crippen LogP contribution in [0.1, 0.15) is 10.5 Å². The molecule has 20 heavy (non-hydrogen) atoms. The van der Waals surface area contributed by atoms with E-state index in [0.29, 0.717) is 10.1 Å². The molecule has 2 heterocycles. The van der Waals surface area contributed by atoms with E-state index in [9.17, 15) is 9.18 Å². The van der Waals surface area contributed by atoms with E-state index < -0.39 is 11.7 Å². The fraction of sp³-hybridized carbons (Fsp3) is 0. The molecule has 0 unspecified atom stereocenters. The molecule has 2 aromatic heterocycles. The molecule has 0 saturated carbocycles. The summed E-state index contributed by atoms with van der Waals surface area (Å²) in [4.78, 5) is 16.0. The number of halogens is 2. The Morgan fingerprint density at radius 2 is 2.10 bits per heavy atom. The number of fused-ring (bicyclic) bond motifs is 1. The lowest BCUT2D eigenvalue weighted by Crippen LogP contribution is -2.15. The normalized spacial score (nSPS) is 10.9. The first-order chi connectivity index (χ1) is 9.58. The highest BCUT2D eigenvalue weighted by Crippen LogP contribution is 2.29. The van der Waals surface area contributed by atoms with Crippen molar-refractivity contribution in [1.82, 2.24) is 9.38 Å². The molecule has 3 aromatic rings. The Bertz CT molecular complexity index is 828. The van der Waals surface area contributed by atoms with Crippen LogP contribution in [0.25, 0.3) is 16.9 Å². The standard InChI is InChI=1S/C14H9BrFN3O/c15-8-4-5-10(16)9(7-8)12-13(14(17)20)19-6-2-1-3-11(19)18-12/h1-7H,(H2,17,20). The highest BCUT2D eigenvalue weighted by molar-refractivity contribution is 9.10. The highest BCUT2D eigenvalue weighted by atomic mass is 79.9. The first kappa shape index (κ1) is 12.8. The third-order valence-electron chi connectivity index (χ3n) is 2.95. The fourth-order valence-corrected chi connectivity index (χ4v) is 2.46. The number of pyridine rings is 1. The van der Waals surface area contributed by atoms with Gasteiger partial charge in [-0.05, 0) is 30.3 Å². The van der Waals surface area contributed by atoms with Gasteiger partial charge < -0.3 is 5.73 Å². The van der Waals surface area contributed by atoms with Crippen LogP contribution in [0, 0.1) is 5.82 Å². The quantitative estimate of drug-likeness (QED) is 0.783. The average Bonchev–Trinajstić information content (AvgIpc) is 2.80. The van der Waals surface area contributed by atoms with Crippen molar-refractivity contribution in [2.45, 2.75) is 0 Å². The zero-order valence-electron chi connectivity index (χ0n) is 10.2. The second-order valence-corrected chi connectivity index (χ2v) is 5.14. The van der Waals surface area contributed by atoms with E-state index in [1.54, 1.807) is 40.9 Å². The van der Waals surface area contributed by atoms with Gasteiger partial charge in [-0.2, -0.15) is 0 Å². The van der Waals surface area contributed by atoms with Gasteiger partial charge in [0.25, 0.3) is 5.91 Å². The summed E-state index contributed by atoms with van der Waals surface area (Å²) < 4.78 is 16.3. The minimum Gasteiger partial charge on any atom is -0.364 e. The second-order valence-electron chi connectivity index (χ2n) is 4.23. The zero-order valence-corrected chi connectivity index (χ0v) is 11.8. The van der Waals surface area contributed by atoms with Crippen molar-refractivity contribution < 1.29 is 9.18 Å². The Labute approximate surface area is 122 Å². The number of aromatic nitrogens is 2. The maximum Gasteiger partial charge on any atom is 0.268 e. The van der Waals surface area contributed by atoms with E-state index in [1.807, 2.05) is 0 Å². The molecule has 0 fully saturated rings. The van der Waals surface area contributed by atoms with Crippen molar-refractivity contribution in [3.63, 3.8) is 0 Å². The molecule has 0 aliphatic carbocycles. The maximum atomic E-state index is 14.0. The minimum absolute atomic E-state index is 0.164. The molecular formula is C14H9BrFN3O. The topological polar surface area (TPSA) is 60.4 Å². The Morgan fingerprint density at radius 3 is 2.85 bits per heavy atom. The van der Waals surface area contributed by atoms with Crippen LogP contribution in [0.2, 0.25) is 0 Å². The van der Waals surface area contributed by atoms with Gasteiger partial charge in [0.15, 0.2) is 0 Å². The summed E-state index contributed by atoms with van der Waals surface area (Å²) in [6.07, 6.45) is 1.67. The molecule has 0 saturated heterocycles. The van der Waals surface area contributed by atoms with Gasteiger partial charge in [-0.1, -0.05) is 22.0 Å². The molecule has 0 spiro atoms. The number of nitrogens with zero attached hydrogens (tertiary/aromatic N) is 2. The molecule has 6 heteroatoms. The van der Waals surface area contributed by atoms with Crippen LogP contribution in [0.3, 0.4) is 0 Å². The number of benzene rings is 1. The molecule has 0 aliphatic rings. The number of carbonyl (C=O) groups is 1. The molecular weight excluding hydrogens is 325 g/mol. The largest absolute Gasteiger partial charge is 0.364 e. The summed E-state index contributed by atoms with van der Waals surface area (Å²) in [5.41, 5.74) is 6.59. The van der Waals surface area contributed by atoms with Crippen LogP contribution in [0.4, 0.5) is 4.39 Å². The first-order valence-corrected chi connectivity index (χ1v) is 6.59. The molecule has 1 aromatic carbocycles. The maximum absolute atomic E-state index is 14.0. The Kier molecular flexibility index (Phi) is 3.02. The molecule has 4 nitrogen and oxygen atoms in total. The molecule has 1 amide bonds. The van der Waals surface area contributed by atoms with Crippen LogP contribution in [0.15, 0.2) is 47.1 Å². The summed E-state index contributed by atoms with van der Waals surface area (Å²) in [5, 5.41) is 0. The van der Waals surface area contributed by atoms with Crippen molar-refractivity contribution in [2.75, 3.05) is 0 Å². The average molecular weight is 334 g/mol. The van der Waals surface area contributed by atoms with Gasteiger partial charge in [-0.25, -0.2) is 9.37 Å². The SMILES string of the molecule is NC(=O)c1c(-c2cc(Br)ccc2F)nc2ccccn12. The van der Waals surface area contributed by atoms with Crippen LogP contribution < -0.4 is 5.73 Å². The highest BCUT2D eigenvalue weighted by Gasteiger charge is 2.20. The van der Waals surface area contributed by atoms with Crippen molar-refractivity contribution in [3.8, 4) is 11.3 Å². The third-order valence-corrected chi connectivity index (χ3v) is 3.44. The van der Waals surface area contributed by atoms with Crippen molar-refractivity contribution in [1.29, 1.82) is 0 Å². The van der Waals surface area contributed by atoms with E-state index in [0.717, 1.165) is 0 Å². The molecule has 0 aliphatic heterocycles. The van der Waals surface area contributed by atoms with Gasteiger partial charge >= 0.3 is 0 Å². The number of hydrogen-bond acceptors (Lipinski definition) is 2.